The third-order valence-electron chi connectivity index (χ3n) is 3.74. The zero-order valence-corrected chi connectivity index (χ0v) is 15.3. The van der Waals surface area contributed by atoms with Gasteiger partial charge in [0.2, 0.25) is 5.95 Å². The molecule has 2 N–H and O–H groups in total. The molecule has 28 heavy (non-hydrogen) atoms. The van der Waals surface area contributed by atoms with Crippen LogP contribution < -0.4 is 10.6 Å². The van der Waals surface area contributed by atoms with Gasteiger partial charge in [-0.1, -0.05) is 18.2 Å². The maximum absolute atomic E-state index is 12.2. The summed E-state index contributed by atoms with van der Waals surface area (Å²) in [5.74, 6) is -0.474. The molecule has 3 aromatic rings. The van der Waals surface area contributed by atoms with Crippen LogP contribution in [-0.2, 0) is 11.3 Å². The van der Waals surface area contributed by atoms with Crippen molar-refractivity contribution in [2.24, 2.45) is 0 Å². The number of hydrogen-bond acceptors (Lipinski definition) is 7. The van der Waals surface area contributed by atoms with Crippen LogP contribution in [0.2, 0.25) is 0 Å². The van der Waals surface area contributed by atoms with Gasteiger partial charge in [-0.3, -0.25) is 9.78 Å². The van der Waals surface area contributed by atoms with Crippen LogP contribution in [0.15, 0.2) is 61.1 Å². The molecule has 8 nitrogen and oxygen atoms in total. The number of aromatic nitrogens is 3. The number of carbonyl (C=O) groups excluding carboxylic acids is 2. The smallest absolute Gasteiger partial charge is 0.340 e. The first kappa shape index (κ1) is 19.0. The van der Waals surface area contributed by atoms with Crippen LogP contribution >= 0.6 is 0 Å². The van der Waals surface area contributed by atoms with Gasteiger partial charge in [-0.2, -0.15) is 0 Å². The molecule has 0 aliphatic heterocycles. The molecule has 0 bridgehead atoms. The molecule has 2 aromatic heterocycles. The lowest BCUT2D eigenvalue weighted by Gasteiger charge is -2.10. The second kappa shape index (κ2) is 9.22. The van der Waals surface area contributed by atoms with Crippen molar-refractivity contribution in [3.05, 3.63) is 77.9 Å². The second-order valence-electron chi connectivity index (χ2n) is 5.69. The minimum atomic E-state index is -0.434. The quantitative estimate of drug-likeness (QED) is 0.610. The number of para-hydroxylation sites is 1. The Bertz CT molecular complexity index is 946. The van der Waals surface area contributed by atoms with Crippen LogP contribution in [0, 0.1) is 0 Å². The molecule has 0 atom stereocenters. The van der Waals surface area contributed by atoms with Gasteiger partial charge in [0.15, 0.2) is 0 Å². The largest absolute Gasteiger partial charge is 0.462 e. The number of pyridine rings is 1. The molecule has 142 valence electrons. The number of ether oxygens (including phenoxy) is 1. The predicted octanol–water partition coefficient (Wildman–Crippen LogP) is 2.72. The van der Waals surface area contributed by atoms with Gasteiger partial charge in [0, 0.05) is 18.6 Å². The monoisotopic (exact) mass is 377 g/mol. The Hall–Kier alpha value is -3.81. The van der Waals surface area contributed by atoms with Crippen LogP contribution in [0.25, 0.3) is 0 Å². The molecule has 0 saturated carbocycles. The highest BCUT2D eigenvalue weighted by molar-refractivity contribution is 5.96. The maximum atomic E-state index is 12.2. The summed E-state index contributed by atoms with van der Waals surface area (Å²) in [7, 11) is 0. The number of hydrogen-bond donors (Lipinski definition) is 2. The fourth-order valence-electron chi connectivity index (χ4n) is 2.38. The molecule has 2 heterocycles. The van der Waals surface area contributed by atoms with E-state index in [4.69, 9.17) is 4.74 Å². The van der Waals surface area contributed by atoms with Gasteiger partial charge in [0.1, 0.15) is 0 Å². The Kier molecular flexibility index (Phi) is 6.25. The van der Waals surface area contributed by atoms with E-state index < -0.39 is 5.97 Å². The molecule has 0 saturated heterocycles. The van der Waals surface area contributed by atoms with Crippen LogP contribution in [0.1, 0.15) is 33.3 Å². The third kappa shape index (κ3) is 4.88. The lowest BCUT2D eigenvalue weighted by molar-refractivity contribution is 0.0527. The molecule has 1 amide bonds. The zero-order chi connectivity index (χ0) is 19.8. The Morgan fingerprint density at radius 2 is 1.75 bits per heavy atom. The van der Waals surface area contributed by atoms with Crippen molar-refractivity contribution in [2.45, 2.75) is 13.5 Å². The van der Waals surface area contributed by atoms with Gasteiger partial charge in [-0.05, 0) is 31.2 Å². The normalized spacial score (nSPS) is 10.2. The molecule has 0 unspecified atom stereocenters. The highest BCUT2D eigenvalue weighted by atomic mass is 16.5. The van der Waals surface area contributed by atoms with Crippen molar-refractivity contribution in [3.63, 3.8) is 0 Å². The number of carbonyl (C=O) groups is 2. The van der Waals surface area contributed by atoms with E-state index >= 15 is 0 Å². The highest BCUT2D eigenvalue weighted by Crippen LogP contribution is 2.19. The van der Waals surface area contributed by atoms with Crippen LogP contribution in [0.5, 0.6) is 0 Å². The first-order chi connectivity index (χ1) is 13.7. The second-order valence-corrected chi connectivity index (χ2v) is 5.69. The van der Waals surface area contributed by atoms with E-state index in [9.17, 15) is 9.59 Å². The fraction of sp³-hybridized carbons (Fsp3) is 0.150. The van der Waals surface area contributed by atoms with E-state index in [0.717, 1.165) is 5.69 Å². The molecule has 0 spiro atoms. The van der Waals surface area contributed by atoms with E-state index in [-0.39, 0.29) is 18.5 Å². The first-order valence-electron chi connectivity index (χ1n) is 8.70. The molecular formula is C20H19N5O3. The Morgan fingerprint density at radius 1 is 1.00 bits per heavy atom. The number of rotatable bonds is 7. The summed E-state index contributed by atoms with van der Waals surface area (Å²) in [6.07, 6.45) is 4.49. The van der Waals surface area contributed by atoms with E-state index in [1.165, 1.54) is 12.4 Å². The summed E-state index contributed by atoms with van der Waals surface area (Å²) in [5, 5.41) is 5.73. The maximum Gasteiger partial charge on any atom is 0.340 e. The first-order valence-corrected chi connectivity index (χ1v) is 8.70. The molecular weight excluding hydrogens is 358 g/mol. The van der Waals surface area contributed by atoms with Crippen molar-refractivity contribution in [2.75, 3.05) is 11.9 Å². The van der Waals surface area contributed by atoms with Gasteiger partial charge in [0.25, 0.3) is 5.91 Å². The average Bonchev–Trinajstić information content (AvgIpc) is 2.74. The van der Waals surface area contributed by atoms with Crippen LogP contribution in [0.3, 0.4) is 0 Å². The topological polar surface area (TPSA) is 106 Å². The summed E-state index contributed by atoms with van der Waals surface area (Å²) in [6.45, 7) is 2.34. The van der Waals surface area contributed by atoms with Gasteiger partial charge < -0.3 is 15.4 Å². The SMILES string of the molecule is CCOC(=O)c1ccccc1Nc1ncc(C(=O)NCc2ccccn2)cn1. The van der Waals surface area contributed by atoms with E-state index in [1.807, 2.05) is 18.2 Å². The Morgan fingerprint density at radius 3 is 2.46 bits per heavy atom. The van der Waals surface area contributed by atoms with E-state index in [1.54, 1.807) is 37.4 Å². The number of amides is 1. The summed E-state index contributed by atoms with van der Waals surface area (Å²) >= 11 is 0. The Balaban J connectivity index is 1.65. The van der Waals surface area contributed by atoms with Crippen molar-refractivity contribution in [1.82, 2.24) is 20.3 Å². The van der Waals surface area contributed by atoms with Crippen molar-refractivity contribution < 1.29 is 14.3 Å². The van der Waals surface area contributed by atoms with E-state index in [0.29, 0.717) is 23.4 Å². The van der Waals surface area contributed by atoms with E-state index in [2.05, 4.69) is 25.6 Å². The summed E-state index contributed by atoms with van der Waals surface area (Å²) in [5.41, 5.74) is 1.98. The number of benzene rings is 1. The highest BCUT2D eigenvalue weighted by Gasteiger charge is 2.13. The fourth-order valence-corrected chi connectivity index (χ4v) is 2.38. The zero-order valence-electron chi connectivity index (χ0n) is 15.3. The van der Waals surface area contributed by atoms with Gasteiger partial charge in [-0.15, -0.1) is 0 Å². The number of nitrogens with one attached hydrogen (secondary N) is 2. The van der Waals surface area contributed by atoms with Gasteiger partial charge in [0.05, 0.1) is 35.7 Å². The number of nitrogens with zero attached hydrogens (tertiary/aromatic N) is 3. The minimum absolute atomic E-state index is 0.262. The minimum Gasteiger partial charge on any atom is -0.462 e. The van der Waals surface area contributed by atoms with Crippen molar-refractivity contribution in [1.29, 1.82) is 0 Å². The molecule has 0 fully saturated rings. The standard InChI is InChI=1S/C20H19N5O3/c1-2-28-19(27)16-8-3-4-9-17(16)25-20-23-11-14(12-24-20)18(26)22-13-15-7-5-6-10-21-15/h3-12H,2,13H2,1H3,(H,22,26)(H,23,24,25). The molecule has 0 aliphatic carbocycles. The van der Waals surface area contributed by atoms with Crippen molar-refractivity contribution >= 4 is 23.5 Å². The number of anilines is 2. The predicted molar refractivity (Wildman–Crippen MR) is 103 cm³/mol. The lowest BCUT2D eigenvalue weighted by Crippen LogP contribution is -2.23. The third-order valence-corrected chi connectivity index (χ3v) is 3.74. The average molecular weight is 377 g/mol. The summed E-state index contributed by atoms with van der Waals surface area (Å²) in [6, 6.07) is 12.4. The molecule has 8 heteroatoms. The molecule has 1 aromatic carbocycles. The van der Waals surface area contributed by atoms with Gasteiger partial charge in [-0.25, -0.2) is 14.8 Å². The van der Waals surface area contributed by atoms with Crippen LogP contribution in [0.4, 0.5) is 11.6 Å². The van der Waals surface area contributed by atoms with Gasteiger partial charge >= 0.3 is 5.97 Å². The van der Waals surface area contributed by atoms with Crippen molar-refractivity contribution in [3.8, 4) is 0 Å². The lowest BCUT2D eigenvalue weighted by atomic mass is 10.2. The summed E-state index contributed by atoms with van der Waals surface area (Å²) < 4.78 is 5.04. The number of esters is 1. The van der Waals surface area contributed by atoms with Crippen LogP contribution in [-0.4, -0.2) is 33.4 Å². The molecule has 0 aliphatic rings. The summed E-state index contributed by atoms with van der Waals surface area (Å²) in [4.78, 5) is 36.7. The molecule has 0 radical (unpaired) electrons. The Labute approximate surface area is 162 Å². The molecule has 3 rings (SSSR count).